The van der Waals surface area contributed by atoms with E-state index >= 15 is 0 Å². The average Bonchev–Trinajstić information content (AvgIpc) is 3.39. The van der Waals surface area contributed by atoms with Crippen LogP contribution in [-0.4, -0.2) is 28.8 Å². The maximum atomic E-state index is 13.7. The van der Waals surface area contributed by atoms with Crippen LogP contribution in [0.1, 0.15) is 47.1 Å². The number of hydrogen-bond donors (Lipinski definition) is 0. The maximum absolute atomic E-state index is 13.7. The molecule has 0 saturated heterocycles. The lowest BCUT2D eigenvalue weighted by molar-refractivity contribution is 0.0981. The molecule has 0 atom stereocenters. The summed E-state index contributed by atoms with van der Waals surface area (Å²) in [5.41, 5.74) is 5.49. The minimum atomic E-state index is -0.162. The molecule has 6 nitrogen and oxygen atoms in total. The lowest BCUT2D eigenvalue weighted by atomic mass is 10.1. The molecule has 1 aliphatic carbocycles. The van der Waals surface area contributed by atoms with Gasteiger partial charge in [0.15, 0.2) is 5.69 Å². The number of aromatic nitrogens is 2. The predicted molar refractivity (Wildman–Crippen MR) is 120 cm³/mol. The van der Waals surface area contributed by atoms with Crippen molar-refractivity contribution in [2.24, 2.45) is 0 Å². The third-order valence-corrected chi connectivity index (χ3v) is 5.63. The Balaban J connectivity index is 1.73. The minimum Gasteiger partial charge on any atom is -0.494 e. The van der Waals surface area contributed by atoms with Gasteiger partial charge >= 0.3 is 0 Å². The zero-order valence-corrected chi connectivity index (χ0v) is 18.0. The first-order valence-electron chi connectivity index (χ1n) is 10.7. The highest BCUT2D eigenvalue weighted by molar-refractivity contribution is 6.06. The highest BCUT2D eigenvalue weighted by atomic mass is 16.5. The fraction of sp³-hybridized carbons (Fsp3) is 0.320. The van der Waals surface area contributed by atoms with E-state index in [4.69, 9.17) is 15.1 Å². The summed E-state index contributed by atoms with van der Waals surface area (Å²) in [6, 6.07) is 17.7. The van der Waals surface area contributed by atoms with Crippen LogP contribution in [0, 0.1) is 18.3 Å². The molecule has 0 radical (unpaired) electrons. The Morgan fingerprint density at radius 2 is 1.97 bits per heavy atom. The molecule has 1 aliphatic rings. The molecule has 4 rings (SSSR count). The van der Waals surface area contributed by atoms with Gasteiger partial charge in [0.2, 0.25) is 0 Å². The second kappa shape index (κ2) is 9.05. The predicted octanol–water partition coefficient (Wildman–Crippen LogP) is 4.63. The van der Waals surface area contributed by atoms with Gasteiger partial charge in [-0.15, -0.1) is 0 Å². The normalized spacial score (nSPS) is 12.3. The highest BCUT2D eigenvalue weighted by Crippen LogP contribution is 2.31. The van der Waals surface area contributed by atoms with Gasteiger partial charge in [0.1, 0.15) is 5.75 Å². The first-order valence-corrected chi connectivity index (χ1v) is 10.7. The van der Waals surface area contributed by atoms with Gasteiger partial charge in [-0.1, -0.05) is 18.2 Å². The number of hydrogen-bond acceptors (Lipinski definition) is 4. The number of ether oxygens (including phenoxy) is 1. The van der Waals surface area contributed by atoms with Gasteiger partial charge < -0.3 is 9.64 Å². The van der Waals surface area contributed by atoms with Crippen LogP contribution in [0.2, 0.25) is 0 Å². The summed E-state index contributed by atoms with van der Waals surface area (Å²) in [5, 5.41) is 13.9. The summed E-state index contributed by atoms with van der Waals surface area (Å²) in [7, 11) is 0. The van der Waals surface area contributed by atoms with Crippen molar-refractivity contribution in [1.82, 2.24) is 9.78 Å². The van der Waals surface area contributed by atoms with E-state index in [9.17, 15) is 4.79 Å². The smallest absolute Gasteiger partial charge is 0.279 e. The molecule has 1 heterocycles. The number of nitriles is 1. The van der Waals surface area contributed by atoms with Gasteiger partial charge in [0, 0.05) is 23.5 Å². The Bertz CT molecular complexity index is 1130. The van der Waals surface area contributed by atoms with E-state index in [1.54, 1.807) is 4.90 Å². The zero-order valence-electron chi connectivity index (χ0n) is 18.0. The molecule has 0 N–H and O–H groups in total. The Morgan fingerprint density at radius 1 is 1.19 bits per heavy atom. The summed E-state index contributed by atoms with van der Waals surface area (Å²) in [5.74, 6) is 0.591. The fourth-order valence-corrected chi connectivity index (χ4v) is 4.14. The summed E-state index contributed by atoms with van der Waals surface area (Å²) in [6.45, 7) is 4.88. The number of rotatable bonds is 7. The molecule has 0 aliphatic heterocycles. The monoisotopic (exact) mass is 414 g/mol. The first-order chi connectivity index (χ1) is 15.1. The van der Waals surface area contributed by atoms with Gasteiger partial charge in [-0.2, -0.15) is 10.4 Å². The van der Waals surface area contributed by atoms with Crippen LogP contribution in [0.5, 0.6) is 5.75 Å². The molecule has 158 valence electrons. The van der Waals surface area contributed by atoms with Crippen molar-refractivity contribution in [3.8, 4) is 17.5 Å². The van der Waals surface area contributed by atoms with E-state index in [0.717, 1.165) is 53.2 Å². The van der Waals surface area contributed by atoms with Gasteiger partial charge in [-0.3, -0.25) is 4.79 Å². The molecule has 0 saturated carbocycles. The number of para-hydroxylation sites is 1. The van der Waals surface area contributed by atoms with Gasteiger partial charge in [0.25, 0.3) is 5.91 Å². The van der Waals surface area contributed by atoms with Crippen molar-refractivity contribution in [3.63, 3.8) is 0 Å². The summed E-state index contributed by atoms with van der Waals surface area (Å²) >= 11 is 0. The molecule has 0 fully saturated rings. The number of benzene rings is 2. The van der Waals surface area contributed by atoms with E-state index in [2.05, 4.69) is 19.1 Å². The highest BCUT2D eigenvalue weighted by Gasteiger charge is 2.30. The molecular weight excluding hydrogens is 388 g/mol. The number of carbonyl (C=O) groups is 1. The number of fused-ring (bicyclic) bond motifs is 1. The fourth-order valence-electron chi connectivity index (χ4n) is 4.14. The van der Waals surface area contributed by atoms with Crippen LogP contribution in [0.15, 0.2) is 48.5 Å². The third kappa shape index (κ3) is 4.04. The standard InChI is InChI=1S/C25H26N4O2/c1-3-31-20-14-12-19(13-15-20)28(17-7-16-26)25(30)24-21-9-6-11-23(21)29(27-24)22-10-5-4-8-18(22)2/h4-5,8,10,12-15H,3,6-7,9,11,17H2,1-2H3. The van der Waals surface area contributed by atoms with Crippen molar-refractivity contribution < 1.29 is 9.53 Å². The largest absolute Gasteiger partial charge is 0.494 e. The third-order valence-electron chi connectivity index (χ3n) is 5.63. The molecule has 1 amide bonds. The molecule has 1 aromatic heterocycles. The van der Waals surface area contributed by atoms with E-state index in [1.165, 1.54) is 0 Å². The van der Waals surface area contributed by atoms with E-state index in [0.29, 0.717) is 18.8 Å². The van der Waals surface area contributed by atoms with Crippen LogP contribution in [-0.2, 0) is 12.8 Å². The lowest BCUT2D eigenvalue weighted by Crippen LogP contribution is -2.32. The van der Waals surface area contributed by atoms with Gasteiger partial charge in [-0.05, 0) is 69.0 Å². The Labute approximate surface area is 182 Å². The number of amides is 1. The second-order valence-electron chi connectivity index (χ2n) is 7.62. The quantitative estimate of drug-likeness (QED) is 0.565. The van der Waals surface area contributed by atoms with E-state index < -0.39 is 0 Å². The SMILES string of the molecule is CCOc1ccc(N(CCC#N)C(=O)c2nn(-c3ccccc3C)c3c2CCC3)cc1. The molecule has 2 aromatic carbocycles. The van der Waals surface area contributed by atoms with Crippen molar-refractivity contribution in [1.29, 1.82) is 5.26 Å². The Kier molecular flexibility index (Phi) is 6.03. The molecular formula is C25H26N4O2. The molecule has 0 unspecified atom stereocenters. The number of nitrogens with zero attached hydrogens (tertiary/aromatic N) is 4. The second-order valence-corrected chi connectivity index (χ2v) is 7.62. The average molecular weight is 415 g/mol. The van der Waals surface area contributed by atoms with E-state index in [1.807, 2.05) is 54.1 Å². The van der Waals surface area contributed by atoms with Crippen molar-refractivity contribution in [2.45, 2.75) is 39.5 Å². The molecule has 0 spiro atoms. The summed E-state index contributed by atoms with van der Waals surface area (Å²) < 4.78 is 7.46. The zero-order chi connectivity index (χ0) is 21.8. The summed E-state index contributed by atoms with van der Waals surface area (Å²) in [4.78, 5) is 15.3. The van der Waals surface area contributed by atoms with Crippen LogP contribution < -0.4 is 9.64 Å². The van der Waals surface area contributed by atoms with Crippen molar-refractivity contribution in [2.75, 3.05) is 18.1 Å². The summed E-state index contributed by atoms with van der Waals surface area (Å²) in [6.07, 6.45) is 3.02. The molecule has 3 aromatic rings. The molecule has 31 heavy (non-hydrogen) atoms. The molecule has 6 heteroatoms. The van der Waals surface area contributed by atoms with Crippen LogP contribution in [0.4, 0.5) is 5.69 Å². The number of aryl methyl sites for hydroxylation is 1. The minimum absolute atomic E-state index is 0.162. The van der Waals surface area contributed by atoms with Gasteiger partial charge in [0.05, 0.1) is 24.8 Å². The number of carbonyl (C=O) groups excluding carboxylic acids is 1. The van der Waals surface area contributed by atoms with Crippen LogP contribution in [0.25, 0.3) is 5.69 Å². The van der Waals surface area contributed by atoms with Crippen LogP contribution >= 0.6 is 0 Å². The molecule has 0 bridgehead atoms. The van der Waals surface area contributed by atoms with Crippen LogP contribution in [0.3, 0.4) is 0 Å². The van der Waals surface area contributed by atoms with Gasteiger partial charge in [-0.25, -0.2) is 4.68 Å². The van der Waals surface area contributed by atoms with Crippen molar-refractivity contribution in [3.05, 3.63) is 71.0 Å². The van der Waals surface area contributed by atoms with E-state index in [-0.39, 0.29) is 12.3 Å². The van der Waals surface area contributed by atoms with Crippen molar-refractivity contribution >= 4 is 11.6 Å². The topological polar surface area (TPSA) is 71.2 Å². The first kappa shape index (κ1) is 20.7. The number of anilines is 1. The Hall–Kier alpha value is -3.59. The lowest BCUT2D eigenvalue weighted by Gasteiger charge is -2.21. The maximum Gasteiger partial charge on any atom is 0.279 e. The Morgan fingerprint density at radius 3 is 2.68 bits per heavy atom.